The van der Waals surface area contributed by atoms with Crippen molar-refractivity contribution in [2.75, 3.05) is 12.4 Å². The van der Waals surface area contributed by atoms with Gasteiger partial charge in [0.05, 0.1) is 13.0 Å². The second kappa shape index (κ2) is 7.04. The van der Waals surface area contributed by atoms with Crippen LogP contribution in [0.3, 0.4) is 0 Å². The monoisotopic (exact) mass is 249 g/mol. The summed E-state index contributed by atoms with van der Waals surface area (Å²) in [4.78, 5) is 11.5. The van der Waals surface area contributed by atoms with Crippen molar-refractivity contribution >= 4 is 11.7 Å². The highest BCUT2D eigenvalue weighted by atomic mass is 16.5. The summed E-state index contributed by atoms with van der Waals surface area (Å²) in [5, 5.41) is 3.41. The first-order chi connectivity index (χ1) is 8.60. The molecule has 2 atom stereocenters. The predicted molar refractivity (Wildman–Crippen MR) is 74.7 cm³/mol. The van der Waals surface area contributed by atoms with E-state index in [4.69, 9.17) is 4.74 Å². The number of carbonyl (C=O) groups is 1. The largest absolute Gasteiger partial charge is 0.469 e. The van der Waals surface area contributed by atoms with E-state index in [9.17, 15) is 4.79 Å². The number of benzene rings is 1. The van der Waals surface area contributed by atoms with Crippen molar-refractivity contribution in [2.24, 2.45) is 5.92 Å². The molecule has 1 aromatic rings. The molecule has 0 aromatic heterocycles. The van der Waals surface area contributed by atoms with Crippen LogP contribution in [0.5, 0.6) is 0 Å². The van der Waals surface area contributed by atoms with Crippen LogP contribution in [-0.2, 0) is 16.0 Å². The lowest BCUT2D eigenvalue weighted by Crippen LogP contribution is -2.31. The van der Waals surface area contributed by atoms with Crippen LogP contribution < -0.4 is 5.32 Å². The highest BCUT2D eigenvalue weighted by Gasteiger charge is 2.21. The number of para-hydroxylation sites is 1. The Morgan fingerprint density at radius 2 is 2.00 bits per heavy atom. The Balaban J connectivity index is 2.74. The number of carbonyl (C=O) groups excluding carboxylic acids is 1. The van der Waals surface area contributed by atoms with Gasteiger partial charge in [-0.2, -0.15) is 0 Å². The lowest BCUT2D eigenvalue weighted by Gasteiger charge is -2.22. The number of anilines is 1. The SMILES string of the molecule is CCCc1ccccc1NC(C)C(C)C(=O)OC. The molecule has 0 radical (unpaired) electrons. The number of hydrogen-bond acceptors (Lipinski definition) is 3. The molecule has 3 heteroatoms. The lowest BCUT2D eigenvalue weighted by molar-refractivity contribution is -0.145. The highest BCUT2D eigenvalue weighted by molar-refractivity contribution is 5.73. The van der Waals surface area contributed by atoms with E-state index in [0.717, 1.165) is 18.5 Å². The third-order valence-electron chi connectivity index (χ3n) is 3.24. The molecular formula is C15H23NO2. The zero-order valence-electron chi connectivity index (χ0n) is 11.7. The fraction of sp³-hybridized carbons (Fsp3) is 0.533. The van der Waals surface area contributed by atoms with Gasteiger partial charge in [-0.25, -0.2) is 0 Å². The van der Waals surface area contributed by atoms with Gasteiger partial charge in [0.15, 0.2) is 0 Å². The summed E-state index contributed by atoms with van der Waals surface area (Å²) in [5.74, 6) is -0.340. The maximum absolute atomic E-state index is 11.5. The summed E-state index contributed by atoms with van der Waals surface area (Å²) in [6.45, 7) is 6.05. The fourth-order valence-electron chi connectivity index (χ4n) is 1.91. The van der Waals surface area contributed by atoms with E-state index in [1.807, 2.05) is 26.0 Å². The average Bonchev–Trinajstić information content (AvgIpc) is 2.39. The van der Waals surface area contributed by atoms with E-state index in [2.05, 4.69) is 24.4 Å². The van der Waals surface area contributed by atoms with Crippen LogP contribution in [-0.4, -0.2) is 19.1 Å². The van der Waals surface area contributed by atoms with Crippen molar-refractivity contribution in [3.05, 3.63) is 29.8 Å². The molecule has 1 rings (SSSR count). The lowest BCUT2D eigenvalue weighted by atomic mass is 10.0. The van der Waals surface area contributed by atoms with Crippen LogP contribution in [0.1, 0.15) is 32.8 Å². The molecule has 100 valence electrons. The number of ether oxygens (including phenoxy) is 1. The van der Waals surface area contributed by atoms with Crippen molar-refractivity contribution in [1.82, 2.24) is 0 Å². The van der Waals surface area contributed by atoms with E-state index in [0.29, 0.717) is 0 Å². The second-order valence-corrected chi connectivity index (χ2v) is 4.65. The van der Waals surface area contributed by atoms with Gasteiger partial charge in [-0.15, -0.1) is 0 Å². The van der Waals surface area contributed by atoms with E-state index in [-0.39, 0.29) is 17.9 Å². The number of methoxy groups -OCH3 is 1. The first-order valence-corrected chi connectivity index (χ1v) is 6.52. The van der Waals surface area contributed by atoms with Gasteiger partial charge in [-0.1, -0.05) is 31.5 Å². The zero-order valence-corrected chi connectivity index (χ0v) is 11.7. The Kier molecular flexibility index (Phi) is 5.69. The van der Waals surface area contributed by atoms with Crippen LogP contribution in [0.15, 0.2) is 24.3 Å². The van der Waals surface area contributed by atoms with Crippen LogP contribution in [0.25, 0.3) is 0 Å². The molecule has 0 aliphatic carbocycles. The number of esters is 1. The Morgan fingerprint density at radius 3 is 2.61 bits per heavy atom. The van der Waals surface area contributed by atoms with Crippen molar-refractivity contribution in [2.45, 2.75) is 39.7 Å². The molecule has 0 saturated heterocycles. The number of rotatable bonds is 6. The van der Waals surface area contributed by atoms with Crippen molar-refractivity contribution < 1.29 is 9.53 Å². The van der Waals surface area contributed by atoms with Crippen molar-refractivity contribution in [3.8, 4) is 0 Å². The third-order valence-corrected chi connectivity index (χ3v) is 3.24. The summed E-state index contributed by atoms with van der Waals surface area (Å²) >= 11 is 0. The van der Waals surface area contributed by atoms with Crippen molar-refractivity contribution in [1.29, 1.82) is 0 Å². The molecule has 0 amide bonds. The fourth-order valence-corrected chi connectivity index (χ4v) is 1.91. The van der Waals surface area contributed by atoms with Gasteiger partial charge >= 0.3 is 5.97 Å². The minimum atomic E-state index is -0.178. The molecule has 0 heterocycles. The van der Waals surface area contributed by atoms with E-state index < -0.39 is 0 Å². The first-order valence-electron chi connectivity index (χ1n) is 6.52. The zero-order chi connectivity index (χ0) is 13.5. The molecule has 0 aliphatic heterocycles. The molecule has 0 fully saturated rings. The van der Waals surface area contributed by atoms with Crippen molar-refractivity contribution in [3.63, 3.8) is 0 Å². The quantitative estimate of drug-likeness (QED) is 0.786. The summed E-state index contributed by atoms with van der Waals surface area (Å²) in [6.07, 6.45) is 2.15. The maximum atomic E-state index is 11.5. The molecule has 0 aliphatic rings. The van der Waals surface area contributed by atoms with Gasteiger partial charge in [0.1, 0.15) is 0 Å². The molecule has 0 saturated carbocycles. The molecule has 2 unspecified atom stereocenters. The molecule has 3 nitrogen and oxygen atoms in total. The van der Waals surface area contributed by atoms with E-state index >= 15 is 0 Å². The molecule has 0 bridgehead atoms. The van der Waals surface area contributed by atoms with Gasteiger partial charge in [-0.3, -0.25) is 4.79 Å². The Morgan fingerprint density at radius 1 is 1.33 bits per heavy atom. The van der Waals surface area contributed by atoms with Gasteiger partial charge in [-0.05, 0) is 31.9 Å². The number of nitrogens with one attached hydrogen (secondary N) is 1. The van der Waals surface area contributed by atoms with Gasteiger partial charge in [0, 0.05) is 11.7 Å². The third kappa shape index (κ3) is 3.76. The second-order valence-electron chi connectivity index (χ2n) is 4.65. The highest BCUT2D eigenvalue weighted by Crippen LogP contribution is 2.20. The minimum Gasteiger partial charge on any atom is -0.469 e. The minimum absolute atomic E-state index is 0.0513. The molecule has 0 spiro atoms. The summed E-state index contributed by atoms with van der Waals surface area (Å²) in [6, 6.07) is 8.30. The Bertz CT molecular complexity index is 390. The number of aryl methyl sites for hydroxylation is 1. The normalized spacial score (nSPS) is 13.8. The topological polar surface area (TPSA) is 38.3 Å². The van der Waals surface area contributed by atoms with Gasteiger partial charge < -0.3 is 10.1 Å². The summed E-state index contributed by atoms with van der Waals surface area (Å²) < 4.78 is 4.77. The molecule has 18 heavy (non-hydrogen) atoms. The van der Waals surface area contributed by atoms with Crippen LogP contribution in [0, 0.1) is 5.92 Å². The Hall–Kier alpha value is -1.51. The van der Waals surface area contributed by atoms with E-state index in [1.54, 1.807) is 0 Å². The molecule has 1 aromatic carbocycles. The average molecular weight is 249 g/mol. The van der Waals surface area contributed by atoms with Crippen LogP contribution in [0.4, 0.5) is 5.69 Å². The molecule has 1 N–H and O–H groups in total. The summed E-state index contributed by atoms with van der Waals surface area (Å²) in [7, 11) is 1.43. The Labute approximate surface area is 110 Å². The first kappa shape index (κ1) is 14.6. The standard InChI is InChI=1S/C15H23NO2/c1-5-8-13-9-6-7-10-14(13)16-12(3)11(2)15(17)18-4/h6-7,9-12,16H,5,8H2,1-4H3. The van der Waals surface area contributed by atoms with Gasteiger partial charge in [0.2, 0.25) is 0 Å². The van der Waals surface area contributed by atoms with Crippen LogP contribution in [0.2, 0.25) is 0 Å². The summed E-state index contributed by atoms with van der Waals surface area (Å²) in [5.41, 5.74) is 2.41. The predicted octanol–water partition coefficient (Wildman–Crippen LogP) is 3.25. The number of hydrogen-bond donors (Lipinski definition) is 1. The van der Waals surface area contributed by atoms with Gasteiger partial charge in [0.25, 0.3) is 0 Å². The van der Waals surface area contributed by atoms with Crippen LogP contribution >= 0.6 is 0 Å². The van der Waals surface area contributed by atoms with E-state index in [1.165, 1.54) is 12.7 Å². The maximum Gasteiger partial charge on any atom is 0.310 e. The molecular weight excluding hydrogens is 226 g/mol. The smallest absolute Gasteiger partial charge is 0.310 e.